The summed E-state index contributed by atoms with van der Waals surface area (Å²) in [6.07, 6.45) is 3.41. The molecule has 0 spiro atoms. The number of anilines is 1. The average Bonchev–Trinajstić information content (AvgIpc) is 2.89. The lowest BCUT2D eigenvalue weighted by atomic mass is 9.74. The van der Waals surface area contributed by atoms with Crippen molar-refractivity contribution in [3.8, 4) is 6.07 Å². The number of halogens is 2. The van der Waals surface area contributed by atoms with Crippen molar-refractivity contribution in [1.29, 1.82) is 5.26 Å². The summed E-state index contributed by atoms with van der Waals surface area (Å²) in [4.78, 5) is 20.6. The Morgan fingerprint density at radius 1 is 1.13 bits per heavy atom. The van der Waals surface area contributed by atoms with E-state index in [0.29, 0.717) is 41.1 Å². The number of ketones is 1. The molecule has 1 aliphatic heterocycles. The van der Waals surface area contributed by atoms with Gasteiger partial charge in [-0.3, -0.25) is 9.69 Å². The van der Waals surface area contributed by atoms with Crippen LogP contribution in [-0.4, -0.2) is 10.8 Å². The quantitative estimate of drug-likeness (QED) is 0.255. The Bertz CT molecular complexity index is 1540. The molecule has 0 saturated heterocycles. The summed E-state index contributed by atoms with van der Waals surface area (Å²) in [5, 5.41) is 11.4. The molecule has 3 aromatic rings. The Labute approximate surface area is 237 Å². The number of hydrogen-bond acceptors (Lipinski definition) is 6. The van der Waals surface area contributed by atoms with Gasteiger partial charge in [0.15, 0.2) is 10.9 Å². The monoisotopic (exact) mass is 560 g/mol. The van der Waals surface area contributed by atoms with Gasteiger partial charge in [0.05, 0.1) is 23.2 Å². The number of carbonyl (C=O) groups is 1. The third-order valence-electron chi connectivity index (χ3n) is 7.14. The van der Waals surface area contributed by atoms with Gasteiger partial charge in [0.1, 0.15) is 5.82 Å². The van der Waals surface area contributed by atoms with Crippen LogP contribution in [0.3, 0.4) is 0 Å². The van der Waals surface area contributed by atoms with Crippen molar-refractivity contribution in [2.24, 2.45) is 5.73 Å². The molecule has 8 heteroatoms. The number of aryl methyl sites for hydroxylation is 2. The van der Waals surface area contributed by atoms with Gasteiger partial charge in [0, 0.05) is 39.6 Å². The van der Waals surface area contributed by atoms with Crippen molar-refractivity contribution in [3.63, 3.8) is 0 Å². The number of carbonyl (C=O) groups excluding carboxylic acids is 1. The minimum Gasteiger partial charge on any atom is -0.384 e. The number of allylic oxidation sites excluding steroid dienone is 3. The van der Waals surface area contributed by atoms with Gasteiger partial charge in [-0.25, -0.2) is 4.98 Å². The molecule has 5 rings (SSSR count). The Hall–Kier alpha value is -3.24. The van der Waals surface area contributed by atoms with Gasteiger partial charge in [-0.15, -0.1) is 11.8 Å². The second-order valence-electron chi connectivity index (χ2n) is 9.51. The number of thioether (sulfide) groups is 1. The zero-order chi connectivity index (χ0) is 27.0. The zero-order valence-corrected chi connectivity index (χ0v) is 23.4. The average molecular weight is 562 g/mol. The smallest absolute Gasteiger partial charge is 0.161 e. The maximum atomic E-state index is 13.5. The number of Topliss-reactive ketones (excluding diaryl/α,β-unsaturated/α-hetero) is 1. The van der Waals surface area contributed by atoms with Crippen LogP contribution in [0, 0.1) is 25.2 Å². The van der Waals surface area contributed by atoms with E-state index < -0.39 is 5.92 Å². The van der Waals surface area contributed by atoms with Crippen molar-refractivity contribution < 1.29 is 4.79 Å². The summed E-state index contributed by atoms with van der Waals surface area (Å²) in [7, 11) is 0. The summed E-state index contributed by atoms with van der Waals surface area (Å²) in [5.41, 5.74) is 13.3. The summed E-state index contributed by atoms with van der Waals surface area (Å²) >= 11 is 14.2. The van der Waals surface area contributed by atoms with Gasteiger partial charge in [0.2, 0.25) is 0 Å². The molecule has 38 heavy (non-hydrogen) atoms. The number of nitrogens with two attached hydrogens (primary N) is 1. The molecule has 2 heterocycles. The number of pyridine rings is 1. The Morgan fingerprint density at radius 3 is 2.61 bits per heavy atom. The maximum absolute atomic E-state index is 13.5. The largest absolute Gasteiger partial charge is 0.384 e. The molecule has 0 bridgehead atoms. The molecular formula is C30H26Cl2N4OS. The number of hydrogen-bond donors (Lipinski definition) is 1. The molecule has 5 nitrogen and oxygen atoms in total. The Kier molecular flexibility index (Phi) is 7.54. The normalized spacial score (nSPS) is 17.5. The van der Waals surface area contributed by atoms with Crippen LogP contribution in [0.5, 0.6) is 0 Å². The third kappa shape index (κ3) is 4.82. The van der Waals surface area contributed by atoms with Crippen LogP contribution in [0.4, 0.5) is 5.69 Å². The number of benzene rings is 2. The van der Waals surface area contributed by atoms with E-state index in [1.165, 1.54) is 0 Å². The molecule has 0 saturated carbocycles. The van der Waals surface area contributed by atoms with Crippen LogP contribution in [-0.2, 0) is 10.5 Å². The highest BCUT2D eigenvalue weighted by Gasteiger charge is 2.41. The Balaban J connectivity index is 1.63. The SMILES string of the molecule is Cc1cc(C)c(C2C(C#N)=C(N)N(c3cccnc3Cl)C3=C2C(=O)CCC3)cc1CSc1ccc(Cl)cc1. The lowest BCUT2D eigenvalue weighted by molar-refractivity contribution is -0.116. The first-order chi connectivity index (χ1) is 18.3. The predicted molar refractivity (Wildman–Crippen MR) is 154 cm³/mol. The predicted octanol–water partition coefficient (Wildman–Crippen LogP) is 7.60. The summed E-state index contributed by atoms with van der Waals surface area (Å²) in [6, 6.07) is 18.0. The van der Waals surface area contributed by atoms with Crippen LogP contribution in [0.25, 0.3) is 0 Å². The molecule has 2 aliphatic rings. The fraction of sp³-hybridized carbons (Fsp3) is 0.233. The fourth-order valence-corrected chi connectivity index (χ4v) is 6.58. The topological polar surface area (TPSA) is 83.0 Å². The lowest BCUT2D eigenvalue weighted by Crippen LogP contribution is -2.39. The van der Waals surface area contributed by atoms with E-state index in [0.717, 1.165) is 38.6 Å². The van der Waals surface area contributed by atoms with Crippen LogP contribution in [0.15, 0.2) is 82.3 Å². The van der Waals surface area contributed by atoms with Crippen LogP contribution in [0.1, 0.15) is 47.4 Å². The minimum atomic E-state index is -0.533. The molecule has 0 amide bonds. The molecule has 2 N–H and O–H groups in total. The van der Waals surface area contributed by atoms with E-state index in [2.05, 4.69) is 30.1 Å². The maximum Gasteiger partial charge on any atom is 0.161 e. The van der Waals surface area contributed by atoms with Crippen LogP contribution in [0.2, 0.25) is 10.2 Å². The Morgan fingerprint density at radius 2 is 1.89 bits per heavy atom. The van der Waals surface area contributed by atoms with Gasteiger partial charge in [-0.1, -0.05) is 35.3 Å². The van der Waals surface area contributed by atoms with Crippen LogP contribution < -0.4 is 10.6 Å². The van der Waals surface area contributed by atoms with Crippen molar-refractivity contribution in [3.05, 3.63) is 110 Å². The summed E-state index contributed by atoms with van der Waals surface area (Å²) < 4.78 is 0. The van der Waals surface area contributed by atoms with E-state index in [9.17, 15) is 10.1 Å². The van der Waals surface area contributed by atoms with Gasteiger partial charge >= 0.3 is 0 Å². The second-order valence-corrected chi connectivity index (χ2v) is 11.4. The van der Waals surface area contributed by atoms with Crippen LogP contribution >= 0.6 is 35.0 Å². The van der Waals surface area contributed by atoms with Gasteiger partial charge < -0.3 is 5.73 Å². The van der Waals surface area contributed by atoms with Gasteiger partial charge in [-0.2, -0.15) is 5.26 Å². The van der Waals surface area contributed by atoms with E-state index in [-0.39, 0.29) is 16.8 Å². The van der Waals surface area contributed by atoms with Crippen molar-refractivity contribution in [2.45, 2.75) is 49.7 Å². The van der Waals surface area contributed by atoms with E-state index in [1.54, 1.807) is 28.9 Å². The number of nitriles is 1. The van der Waals surface area contributed by atoms with Crippen molar-refractivity contribution >= 4 is 46.4 Å². The molecule has 192 valence electrons. The second kappa shape index (κ2) is 10.9. The highest BCUT2D eigenvalue weighted by Crippen LogP contribution is 2.48. The minimum absolute atomic E-state index is 0.0403. The van der Waals surface area contributed by atoms with Gasteiger partial charge in [-0.05, 0) is 85.3 Å². The van der Waals surface area contributed by atoms with Gasteiger partial charge in [0.25, 0.3) is 0 Å². The standard InChI is InChI=1S/C30H26Cl2N4OS/c1-17-13-18(2)22(14-19(17)16-38-21-10-8-20(31)9-11-21)27-23(15-33)30(34)36(25-6-4-12-35-29(25)32)24-5-3-7-26(37)28(24)27/h4,6,8-14,27H,3,5,7,16,34H2,1-2H3. The van der Waals surface area contributed by atoms with Crippen molar-refractivity contribution in [2.75, 3.05) is 4.90 Å². The number of aromatic nitrogens is 1. The first-order valence-corrected chi connectivity index (χ1v) is 14.1. The van der Waals surface area contributed by atoms with E-state index >= 15 is 0 Å². The third-order valence-corrected chi connectivity index (χ3v) is 8.74. The molecule has 2 aromatic carbocycles. The lowest BCUT2D eigenvalue weighted by Gasteiger charge is -2.40. The van der Waals surface area contributed by atoms with E-state index in [1.807, 2.05) is 37.3 Å². The molecule has 1 aromatic heterocycles. The summed E-state index contributed by atoms with van der Waals surface area (Å²) in [6.45, 7) is 4.12. The molecule has 1 atom stereocenters. The first kappa shape index (κ1) is 26.4. The number of rotatable bonds is 5. The van der Waals surface area contributed by atoms with Crippen molar-refractivity contribution in [1.82, 2.24) is 4.98 Å². The fourth-order valence-electron chi connectivity index (χ4n) is 5.29. The zero-order valence-electron chi connectivity index (χ0n) is 21.1. The number of nitrogens with zero attached hydrogens (tertiary/aromatic N) is 3. The molecule has 0 fully saturated rings. The molecule has 1 unspecified atom stereocenters. The molecule has 0 radical (unpaired) electrons. The first-order valence-electron chi connectivity index (χ1n) is 12.3. The highest BCUT2D eigenvalue weighted by molar-refractivity contribution is 7.98. The molecule has 1 aliphatic carbocycles. The molecular weight excluding hydrogens is 535 g/mol. The highest BCUT2D eigenvalue weighted by atomic mass is 35.5. The summed E-state index contributed by atoms with van der Waals surface area (Å²) in [5.74, 6) is 0.539. The van der Waals surface area contributed by atoms with E-state index in [4.69, 9.17) is 28.9 Å².